The average Bonchev–Trinajstić information content (AvgIpc) is 2.33. The summed E-state index contributed by atoms with van der Waals surface area (Å²) >= 11 is 1.84. The van der Waals surface area contributed by atoms with Gasteiger partial charge in [0.25, 0.3) is 5.91 Å². The van der Waals surface area contributed by atoms with Crippen LogP contribution in [0.1, 0.15) is 31.1 Å². The summed E-state index contributed by atoms with van der Waals surface area (Å²) in [5, 5.41) is 2.91. The molecule has 100 valence electrons. The summed E-state index contributed by atoms with van der Waals surface area (Å²) in [6.45, 7) is 7.20. The summed E-state index contributed by atoms with van der Waals surface area (Å²) in [6.07, 6.45) is 0. The van der Waals surface area contributed by atoms with E-state index < -0.39 is 0 Å². The number of carbonyl (C=O) groups is 1. The number of nitrogens with one attached hydrogen (secondary N) is 1. The Kier molecular flexibility index (Phi) is 5.54. The lowest BCUT2D eigenvalue weighted by atomic mass is 10.2. The second-order valence-electron chi connectivity index (χ2n) is 4.95. The maximum atomic E-state index is 11.8. The molecule has 0 aliphatic rings. The van der Waals surface area contributed by atoms with Gasteiger partial charge in [0.2, 0.25) is 0 Å². The van der Waals surface area contributed by atoms with Crippen LogP contribution in [0.4, 0.5) is 0 Å². The van der Waals surface area contributed by atoms with Crippen molar-refractivity contribution >= 4 is 17.7 Å². The Morgan fingerprint density at radius 2 is 1.89 bits per heavy atom. The van der Waals surface area contributed by atoms with Crippen LogP contribution in [0, 0.1) is 0 Å². The molecule has 0 spiro atoms. The first-order valence-corrected chi connectivity index (χ1v) is 6.97. The predicted molar refractivity (Wildman–Crippen MR) is 77.5 cm³/mol. The van der Waals surface area contributed by atoms with Gasteiger partial charge in [-0.25, -0.2) is 0 Å². The van der Waals surface area contributed by atoms with Crippen molar-refractivity contribution in [2.45, 2.75) is 25.5 Å². The Labute approximate surface area is 113 Å². The van der Waals surface area contributed by atoms with Crippen molar-refractivity contribution in [2.24, 2.45) is 0 Å². The maximum Gasteiger partial charge on any atom is 0.251 e. The van der Waals surface area contributed by atoms with Gasteiger partial charge in [-0.3, -0.25) is 4.79 Å². The molecule has 0 atom stereocenters. The molecule has 0 unspecified atom stereocenters. The van der Waals surface area contributed by atoms with E-state index in [0.29, 0.717) is 12.1 Å². The molecule has 1 N–H and O–H groups in total. The smallest absolute Gasteiger partial charge is 0.251 e. The summed E-state index contributed by atoms with van der Waals surface area (Å²) in [5.74, 6) is 1.65. The van der Waals surface area contributed by atoms with E-state index >= 15 is 0 Å². The van der Waals surface area contributed by atoms with Gasteiger partial charge in [0.1, 0.15) is 5.75 Å². The molecule has 0 saturated carbocycles. The highest BCUT2D eigenvalue weighted by molar-refractivity contribution is 8.00. The van der Waals surface area contributed by atoms with Crippen LogP contribution in [0.2, 0.25) is 0 Å². The first-order chi connectivity index (χ1) is 8.42. The molecule has 0 aliphatic carbocycles. The highest BCUT2D eigenvalue weighted by Crippen LogP contribution is 2.22. The molecule has 0 heterocycles. The second kappa shape index (κ2) is 6.69. The molecule has 0 radical (unpaired) electrons. The molecule has 1 amide bonds. The van der Waals surface area contributed by atoms with Gasteiger partial charge in [-0.05, 0) is 24.3 Å². The van der Waals surface area contributed by atoms with Crippen molar-refractivity contribution in [3.05, 3.63) is 29.8 Å². The summed E-state index contributed by atoms with van der Waals surface area (Å²) in [4.78, 5) is 11.8. The van der Waals surface area contributed by atoms with Gasteiger partial charge in [-0.2, -0.15) is 11.8 Å². The van der Waals surface area contributed by atoms with Crippen LogP contribution in [0.25, 0.3) is 0 Å². The Morgan fingerprint density at radius 1 is 1.28 bits per heavy atom. The highest BCUT2D eigenvalue weighted by Gasteiger charge is 2.10. The Bertz CT molecular complexity index is 382. The van der Waals surface area contributed by atoms with E-state index in [1.807, 2.05) is 11.8 Å². The number of thioether (sulfide) groups is 1. The zero-order valence-corrected chi connectivity index (χ0v) is 12.3. The predicted octanol–water partition coefficient (Wildman–Crippen LogP) is 2.96. The lowest BCUT2D eigenvalue weighted by molar-refractivity contribution is 0.0956. The zero-order chi connectivity index (χ0) is 13.6. The van der Waals surface area contributed by atoms with E-state index in [9.17, 15) is 4.79 Å². The fraction of sp³-hybridized carbons (Fsp3) is 0.500. The third-order valence-electron chi connectivity index (χ3n) is 2.27. The fourth-order valence-electron chi connectivity index (χ4n) is 1.37. The van der Waals surface area contributed by atoms with Crippen LogP contribution in [-0.2, 0) is 0 Å². The lowest BCUT2D eigenvalue weighted by Gasteiger charge is -2.17. The van der Waals surface area contributed by atoms with Gasteiger partial charge in [0.15, 0.2) is 0 Å². The molecule has 0 saturated heterocycles. The van der Waals surface area contributed by atoms with Crippen molar-refractivity contribution in [3.8, 4) is 5.75 Å². The molecule has 1 rings (SSSR count). The van der Waals surface area contributed by atoms with E-state index in [1.165, 1.54) is 0 Å². The van der Waals surface area contributed by atoms with Gasteiger partial charge >= 0.3 is 0 Å². The number of rotatable bonds is 5. The Hall–Kier alpha value is -1.16. The van der Waals surface area contributed by atoms with Gasteiger partial charge < -0.3 is 10.1 Å². The molecular weight excluding hydrogens is 246 g/mol. The minimum absolute atomic E-state index is 0.0350. The molecule has 0 aliphatic heterocycles. The van der Waals surface area contributed by atoms with E-state index in [4.69, 9.17) is 4.74 Å². The third kappa shape index (κ3) is 5.45. The van der Waals surface area contributed by atoms with Gasteiger partial charge in [-0.15, -0.1) is 0 Å². The maximum absolute atomic E-state index is 11.8. The number of carbonyl (C=O) groups excluding carboxylic acids is 1. The third-order valence-corrected chi connectivity index (χ3v) is 3.55. The first-order valence-electron chi connectivity index (χ1n) is 5.98. The van der Waals surface area contributed by atoms with Crippen molar-refractivity contribution in [1.82, 2.24) is 5.32 Å². The Balaban J connectivity index is 2.36. The highest BCUT2D eigenvalue weighted by atomic mass is 32.2. The lowest BCUT2D eigenvalue weighted by Crippen LogP contribution is -2.26. The second-order valence-corrected chi connectivity index (χ2v) is 6.87. The number of benzene rings is 1. The van der Waals surface area contributed by atoms with Crippen molar-refractivity contribution in [2.75, 3.05) is 19.4 Å². The normalized spacial score (nSPS) is 11.1. The van der Waals surface area contributed by atoms with E-state index in [-0.39, 0.29) is 10.7 Å². The minimum atomic E-state index is -0.0350. The number of amides is 1. The molecule has 3 nitrogen and oxygen atoms in total. The van der Waals surface area contributed by atoms with Crippen LogP contribution in [0.5, 0.6) is 5.75 Å². The van der Waals surface area contributed by atoms with E-state index in [1.54, 1.807) is 31.4 Å². The quantitative estimate of drug-likeness (QED) is 0.834. The standard InChI is InChI=1S/C14H21NO2S/c1-14(2,3)18-10-9-15-13(16)11-5-7-12(17-4)8-6-11/h5-8H,9-10H2,1-4H3,(H,15,16). The summed E-state index contributed by atoms with van der Waals surface area (Å²) < 4.78 is 5.29. The monoisotopic (exact) mass is 267 g/mol. The summed E-state index contributed by atoms with van der Waals surface area (Å²) in [5.41, 5.74) is 0.663. The SMILES string of the molecule is COc1ccc(C(=O)NCCSC(C)(C)C)cc1. The molecule has 0 fully saturated rings. The fourth-order valence-corrected chi connectivity index (χ4v) is 2.18. The first kappa shape index (κ1) is 14.9. The number of hydrogen-bond donors (Lipinski definition) is 1. The molecule has 1 aromatic carbocycles. The molecule has 0 bridgehead atoms. The largest absolute Gasteiger partial charge is 0.497 e. The topological polar surface area (TPSA) is 38.3 Å². The van der Waals surface area contributed by atoms with Crippen LogP contribution in [0.3, 0.4) is 0 Å². The summed E-state index contributed by atoms with van der Waals surface area (Å²) in [7, 11) is 1.61. The van der Waals surface area contributed by atoms with Gasteiger partial charge in [0, 0.05) is 22.6 Å². The number of ether oxygens (including phenoxy) is 1. The average molecular weight is 267 g/mol. The molecule has 4 heteroatoms. The van der Waals surface area contributed by atoms with Crippen LogP contribution < -0.4 is 10.1 Å². The van der Waals surface area contributed by atoms with Crippen molar-refractivity contribution < 1.29 is 9.53 Å². The van der Waals surface area contributed by atoms with Gasteiger partial charge in [-0.1, -0.05) is 20.8 Å². The Morgan fingerprint density at radius 3 is 2.39 bits per heavy atom. The number of methoxy groups -OCH3 is 1. The zero-order valence-electron chi connectivity index (χ0n) is 11.4. The molecule has 1 aromatic rings. The molecule has 18 heavy (non-hydrogen) atoms. The molecule has 0 aromatic heterocycles. The molecular formula is C14H21NO2S. The van der Waals surface area contributed by atoms with E-state index in [2.05, 4.69) is 26.1 Å². The number of hydrogen-bond acceptors (Lipinski definition) is 3. The summed E-state index contributed by atoms with van der Waals surface area (Å²) in [6, 6.07) is 7.12. The van der Waals surface area contributed by atoms with E-state index in [0.717, 1.165) is 11.5 Å². The van der Waals surface area contributed by atoms with Crippen LogP contribution >= 0.6 is 11.8 Å². The minimum Gasteiger partial charge on any atom is -0.497 e. The van der Waals surface area contributed by atoms with Crippen molar-refractivity contribution in [1.29, 1.82) is 0 Å². The van der Waals surface area contributed by atoms with Crippen molar-refractivity contribution in [3.63, 3.8) is 0 Å². The van der Waals surface area contributed by atoms with Crippen LogP contribution in [0.15, 0.2) is 24.3 Å². The van der Waals surface area contributed by atoms with Gasteiger partial charge in [0.05, 0.1) is 7.11 Å². The van der Waals surface area contributed by atoms with Crippen LogP contribution in [-0.4, -0.2) is 30.1 Å².